The minimum Gasteiger partial charge on any atom is -0.549 e. The Morgan fingerprint density at radius 1 is 0.780 bits per heavy atom. The number of aliphatic carboxylic acids is 1. The molecule has 0 saturated heterocycles. The molecule has 0 bridgehead atoms. The molecule has 15 heteroatoms. The van der Waals surface area contributed by atoms with Gasteiger partial charge < -0.3 is 50.1 Å². The van der Waals surface area contributed by atoms with Crippen molar-refractivity contribution in [3.8, 4) is 0 Å². The molecule has 0 aliphatic heterocycles. The first-order chi connectivity index (χ1) is 22.5. The van der Waals surface area contributed by atoms with Gasteiger partial charge in [0, 0.05) is 38.5 Å². The van der Waals surface area contributed by atoms with Crippen LogP contribution < -0.4 is 55.9 Å². The van der Waals surface area contributed by atoms with E-state index in [2.05, 4.69) is 55.9 Å². The number of esters is 1. The molecule has 6 atom stereocenters. The summed E-state index contributed by atoms with van der Waals surface area (Å²) < 4.78 is 20.9. The first-order valence-electron chi connectivity index (χ1n) is 17.3. The monoisotopic (exact) mass is 720 g/mol. The van der Waals surface area contributed by atoms with Crippen molar-refractivity contribution in [2.75, 3.05) is 40.0 Å². The number of carboxylic acids is 1. The van der Waals surface area contributed by atoms with Crippen LogP contribution in [0.2, 0.25) is 0 Å². The van der Waals surface area contributed by atoms with E-state index < -0.39 is 60.4 Å². The van der Waals surface area contributed by atoms with Crippen LogP contribution in [0.5, 0.6) is 0 Å². The standard InChI is InChI=1S/C35H62N4O10.Na/c1-23(11-12-46-28(43)37-19-33(7)15-25(36-10)13-31(3,4)17-33)49-30(45)39-26-14-32(5,6)18-34(8,16-26)20-38-29(44)48-22-35(9,27(41)42)21-47-24(2)40;/h23,25-26,36H,11-22H2,1-10H3,(H,37,43)(H,38,44)(H,39,45)(H,41,42);/q;+1/p-1. The molecule has 2 aliphatic rings. The first kappa shape index (κ1) is 45.7. The van der Waals surface area contributed by atoms with E-state index in [1.54, 1.807) is 6.92 Å². The van der Waals surface area contributed by atoms with Crippen molar-refractivity contribution in [2.45, 2.75) is 125 Å². The molecule has 0 heterocycles. The van der Waals surface area contributed by atoms with Crippen LogP contribution in [-0.2, 0) is 28.5 Å². The van der Waals surface area contributed by atoms with Gasteiger partial charge in [0.05, 0.1) is 18.0 Å². The van der Waals surface area contributed by atoms with Crippen molar-refractivity contribution in [1.29, 1.82) is 0 Å². The smallest absolute Gasteiger partial charge is 0.549 e. The predicted octanol–water partition coefficient (Wildman–Crippen LogP) is 0.656. The van der Waals surface area contributed by atoms with Gasteiger partial charge in [-0.05, 0) is 81.1 Å². The third-order valence-corrected chi connectivity index (χ3v) is 9.61. The van der Waals surface area contributed by atoms with Crippen molar-refractivity contribution in [3.63, 3.8) is 0 Å². The fraction of sp³-hybridized carbons (Fsp3) is 0.857. The van der Waals surface area contributed by atoms with Crippen molar-refractivity contribution >= 4 is 30.2 Å². The Morgan fingerprint density at radius 2 is 1.26 bits per heavy atom. The zero-order valence-electron chi connectivity index (χ0n) is 32.3. The molecule has 2 fully saturated rings. The van der Waals surface area contributed by atoms with Gasteiger partial charge in [-0.2, -0.15) is 0 Å². The topological polar surface area (TPSA) is 193 Å². The number of alkyl carbamates (subject to hydrolysis) is 3. The largest absolute Gasteiger partial charge is 1.00 e. The second-order valence-electron chi connectivity index (χ2n) is 17.0. The maximum absolute atomic E-state index is 12.8. The average Bonchev–Trinajstić information content (AvgIpc) is 2.94. The van der Waals surface area contributed by atoms with E-state index in [1.807, 2.05) is 14.0 Å². The van der Waals surface area contributed by atoms with Crippen molar-refractivity contribution in [1.82, 2.24) is 21.3 Å². The predicted molar refractivity (Wildman–Crippen MR) is 180 cm³/mol. The second-order valence-corrected chi connectivity index (χ2v) is 17.0. The average molecular weight is 721 g/mol. The summed E-state index contributed by atoms with van der Waals surface area (Å²) in [7, 11) is 1.98. The van der Waals surface area contributed by atoms with Gasteiger partial charge in [0.25, 0.3) is 0 Å². The summed E-state index contributed by atoms with van der Waals surface area (Å²) in [5.41, 5.74) is -2.15. The SMILES string of the molecule is CNC1CC(C)(C)CC(C)(CNC(=O)OCCC(C)OC(=O)NC2CC(C)(C)CC(C)(CNC(=O)OCC(C)(COC(C)=O)C(=O)[O-])C2)C1.[Na+]. The summed E-state index contributed by atoms with van der Waals surface area (Å²) in [5.74, 6) is -2.17. The van der Waals surface area contributed by atoms with Crippen molar-refractivity contribution in [2.24, 2.45) is 27.1 Å². The van der Waals surface area contributed by atoms with Crippen LogP contribution in [0, 0.1) is 27.1 Å². The third-order valence-electron chi connectivity index (χ3n) is 9.61. The minimum atomic E-state index is -1.70. The van der Waals surface area contributed by atoms with E-state index in [0.29, 0.717) is 31.8 Å². The van der Waals surface area contributed by atoms with Gasteiger partial charge in [-0.1, -0.05) is 41.5 Å². The molecule has 2 saturated carbocycles. The summed E-state index contributed by atoms with van der Waals surface area (Å²) in [6.45, 7) is 16.8. The van der Waals surface area contributed by atoms with Gasteiger partial charge in [0.15, 0.2) is 0 Å². The van der Waals surface area contributed by atoms with E-state index in [0.717, 1.165) is 32.6 Å². The van der Waals surface area contributed by atoms with E-state index in [-0.39, 0.29) is 65.0 Å². The second kappa shape index (κ2) is 19.0. The summed E-state index contributed by atoms with van der Waals surface area (Å²) >= 11 is 0. The van der Waals surface area contributed by atoms with E-state index in [4.69, 9.17) is 18.9 Å². The van der Waals surface area contributed by atoms with Crippen molar-refractivity contribution < 1.29 is 77.6 Å². The van der Waals surface area contributed by atoms with Crippen LogP contribution in [0.25, 0.3) is 0 Å². The first-order valence-corrected chi connectivity index (χ1v) is 17.3. The van der Waals surface area contributed by atoms with Crippen LogP contribution in [0.4, 0.5) is 14.4 Å². The van der Waals surface area contributed by atoms with Gasteiger partial charge in [-0.25, -0.2) is 14.4 Å². The maximum Gasteiger partial charge on any atom is 1.00 e. The number of carbonyl (C=O) groups excluding carboxylic acids is 5. The Kier molecular flexibility index (Phi) is 17.4. The molecule has 14 nitrogen and oxygen atoms in total. The van der Waals surface area contributed by atoms with Gasteiger partial charge in [-0.3, -0.25) is 4.79 Å². The van der Waals surface area contributed by atoms with Gasteiger partial charge in [-0.15, -0.1) is 0 Å². The quantitative estimate of drug-likeness (QED) is 0.106. The van der Waals surface area contributed by atoms with Crippen LogP contribution >= 0.6 is 0 Å². The molecule has 282 valence electrons. The summed E-state index contributed by atoms with van der Waals surface area (Å²) in [6.07, 6.45) is 3.04. The summed E-state index contributed by atoms with van der Waals surface area (Å²) in [4.78, 5) is 60.4. The molecule has 50 heavy (non-hydrogen) atoms. The molecule has 0 aromatic heterocycles. The van der Waals surface area contributed by atoms with Crippen molar-refractivity contribution in [3.05, 3.63) is 0 Å². The van der Waals surface area contributed by atoms with Crippen LogP contribution in [-0.4, -0.2) is 88.4 Å². The molecule has 6 unspecified atom stereocenters. The fourth-order valence-corrected chi connectivity index (χ4v) is 7.92. The van der Waals surface area contributed by atoms with Crippen LogP contribution in [0.15, 0.2) is 0 Å². The fourth-order valence-electron chi connectivity index (χ4n) is 7.92. The molecule has 2 aliphatic carbocycles. The zero-order chi connectivity index (χ0) is 37.3. The van der Waals surface area contributed by atoms with E-state index in [1.165, 1.54) is 6.92 Å². The molecule has 4 N–H and O–H groups in total. The Hall–Kier alpha value is -2.29. The maximum atomic E-state index is 12.8. The molecule has 0 aromatic rings. The molecule has 3 amide bonds. The number of amides is 3. The molecule has 0 spiro atoms. The molecule has 2 rings (SSSR count). The molecule has 0 aromatic carbocycles. The van der Waals surface area contributed by atoms with E-state index >= 15 is 0 Å². The Balaban J connectivity index is 0.0000125. The zero-order valence-corrected chi connectivity index (χ0v) is 34.3. The van der Waals surface area contributed by atoms with Gasteiger partial charge in [0.2, 0.25) is 0 Å². The Bertz CT molecular complexity index is 1190. The Morgan fingerprint density at radius 3 is 1.76 bits per heavy atom. The van der Waals surface area contributed by atoms with Gasteiger partial charge >= 0.3 is 53.8 Å². The Labute approximate surface area is 320 Å². The molecule has 0 radical (unpaired) electrons. The third kappa shape index (κ3) is 15.9. The number of rotatable bonds is 15. The van der Waals surface area contributed by atoms with Crippen LogP contribution in [0.1, 0.15) is 107 Å². The normalized spacial score (nSPS) is 27.2. The number of nitrogens with one attached hydrogen (secondary N) is 4. The molecular weight excluding hydrogens is 659 g/mol. The van der Waals surface area contributed by atoms with Crippen LogP contribution in [0.3, 0.4) is 0 Å². The number of carboxylic acid groups (broad SMARTS) is 1. The van der Waals surface area contributed by atoms with E-state index in [9.17, 15) is 29.1 Å². The number of hydrogen-bond acceptors (Lipinski definition) is 11. The summed E-state index contributed by atoms with van der Waals surface area (Å²) in [5, 5.41) is 23.5. The summed E-state index contributed by atoms with van der Waals surface area (Å²) in [6, 6.07) is 0.172. The molecular formula is C35H61N4NaO10. The number of carbonyl (C=O) groups is 5. The van der Waals surface area contributed by atoms with Gasteiger partial charge in [0.1, 0.15) is 19.3 Å². The number of hydrogen-bond donors (Lipinski definition) is 4. The number of ether oxygens (including phenoxy) is 4. The minimum absolute atomic E-state index is 0.